The summed E-state index contributed by atoms with van der Waals surface area (Å²) in [5.41, 5.74) is 1.97. The van der Waals surface area contributed by atoms with Gasteiger partial charge >= 0.3 is 0 Å². The number of aromatic amines is 1. The Morgan fingerprint density at radius 1 is 1.28 bits per heavy atom. The van der Waals surface area contributed by atoms with Gasteiger partial charge in [-0.15, -0.1) is 0 Å². The van der Waals surface area contributed by atoms with Crippen LogP contribution in [0.15, 0.2) is 53.6 Å². The third-order valence-electron chi connectivity index (χ3n) is 3.53. The van der Waals surface area contributed by atoms with Crippen LogP contribution in [0.1, 0.15) is 23.9 Å². The Morgan fingerprint density at radius 3 is 2.84 bits per heavy atom. The number of aromatic nitrogens is 3. The average Bonchev–Trinajstić information content (AvgIpc) is 2.99. The van der Waals surface area contributed by atoms with Gasteiger partial charge in [0.1, 0.15) is 12.4 Å². The Morgan fingerprint density at radius 2 is 2.08 bits per heavy atom. The summed E-state index contributed by atoms with van der Waals surface area (Å²) in [5, 5.41) is 12.0. The van der Waals surface area contributed by atoms with Crippen molar-refractivity contribution in [3.05, 3.63) is 75.3 Å². The van der Waals surface area contributed by atoms with E-state index in [0.717, 1.165) is 29.1 Å². The number of nitrogens with zero attached hydrogens (tertiary/aromatic N) is 3. The van der Waals surface area contributed by atoms with Crippen LogP contribution in [0.2, 0.25) is 5.02 Å². The lowest BCUT2D eigenvalue weighted by molar-refractivity contribution is 0.306. The second-order valence-electron chi connectivity index (χ2n) is 5.34. The number of aryl methyl sites for hydroxylation is 1. The summed E-state index contributed by atoms with van der Waals surface area (Å²) in [5.74, 6) is 1.56. The zero-order valence-electron chi connectivity index (χ0n) is 13.6. The normalized spacial score (nSPS) is 11.1. The van der Waals surface area contributed by atoms with E-state index in [1.807, 2.05) is 55.5 Å². The highest BCUT2D eigenvalue weighted by atomic mass is 35.5. The molecule has 1 aromatic heterocycles. The standard InChI is InChI=1S/C18H17ClN4OS/c1-2-17-21-22-18(25)23(17)20-11-14-4-3-5-16(10-14)24-12-13-6-8-15(19)9-7-13/h3-11H,2,12H2,1H3,(H,22,25)/b20-11-. The predicted octanol–water partition coefficient (Wildman–Crippen LogP) is 4.62. The minimum atomic E-state index is 0.475. The van der Waals surface area contributed by atoms with Gasteiger partial charge in [-0.2, -0.15) is 14.9 Å². The Hall–Kier alpha value is -2.44. The fraction of sp³-hybridized carbons (Fsp3) is 0.167. The molecule has 0 saturated heterocycles. The molecule has 1 heterocycles. The van der Waals surface area contributed by atoms with Crippen molar-refractivity contribution < 1.29 is 4.74 Å². The van der Waals surface area contributed by atoms with Gasteiger partial charge in [0.05, 0.1) is 6.21 Å². The Bertz CT molecular complexity index is 931. The first-order valence-corrected chi connectivity index (χ1v) is 8.62. The van der Waals surface area contributed by atoms with Crippen molar-refractivity contribution in [3.8, 4) is 5.75 Å². The SMILES string of the molecule is CCc1n[nH]c(=S)n1/N=C\c1cccc(OCc2ccc(Cl)cc2)c1. The third-order valence-corrected chi connectivity index (χ3v) is 4.05. The number of ether oxygens (including phenoxy) is 1. The highest BCUT2D eigenvalue weighted by molar-refractivity contribution is 7.71. The van der Waals surface area contributed by atoms with Crippen LogP contribution in [-0.2, 0) is 13.0 Å². The quantitative estimate of drug-likeness (QED) is 0.507. The smallest absolute Gasteiger partial charge is 0.216 e. The molecule has 0 radical (unpaired) electrons. The summed E-state index contributed by atoms with van der Waals surface area (Å²) >= 11 is 11.1. The van der Waals surface area contributed by atoms with Crippen molar-refractivity contribution >= 4 is 30.0 Å². The average molecular weight is 373 g/mol. The lowest BCUT2D eigenvalue weighted by atomic mass is 10.2. The summed E-state index contributed by atoms with van der Waals surface area (Å²) in [6, 6.07) is 15.3. The summed E-state index contributed by atoms with van der Waals surface area (Å²) in [7, 11) is 0. The Labute approximate surface area is 155 Å². The van der Waals surface area contributed by atoms with Crippen molar-refractivity contribution in [2.75, 3.05) is 0 Å². The van der Waals surface area contributed by atoms with Crippen LogP contribution in [0, 0.1) is 4.77 Å². The van der Waals surface area contributed by atoms with Gasteiger partial charge in [-0.3, -0.25) is 5.10 Å². The molecule has 3 rings (SSSR count). The van der Waals surface area contributed by atoms with Gasteiger partial charge in [-0.1, -0.05) is 42.8 Å². The van der Waals surface area contributed by atoms with Crippen LogP contribution in [-0.4, -0.2) is 21.1 Å². The van der Waals surface area contributed by atoms with Crippen LogP contribution in [0.25, 0.3) is 0 Å². The summed E-state index contributed by atoms with van der Waals surface area (Å²) in [6.45, 7) is 2.48. The van der Waals surface area contributed by atoms with Crippen molar-refractivity contribution in [2.45, 2.75) is 20.0 Å². The zero-order chi connectivity index (χ0) is 17.6. The van der Waals surface area contributed by atoms with Gasteiger partial charge in [0.15, 0.2) is 5.82 Å². The largest absolute Gasteiger partial charge is 0.489 e. The number of nitrogens with one attached hydrogen (secondary N) is 1. The minimum Gasteiger partial charge on any atom is -0.489 e. The van der Waals surface area contributed by atoms with Gasteiger partial charge in [-0.05, 0) is 47.6 Å². The number of halogens is 1. The molecule has 2 aromatic carbocycles. The van der Waals surface area contributed by atoms with Gasteiger partial charge in [0, 0.05) is 11.4 Å². The highest BCUT2D eigenvalue weighted by Crippen LogP contribution is 2.16. The molecule has 0 aliphatic carbocycles. The van der Waals surface area contributed by atoms with Crippen molar-refractivity contribution in [2.24, 2.45) is 5.10 Å². The van der Waals surface area contributed by atoms with Crippen LogP contribution in [0.5, 0.6) is 5.75 Å². The van der Waals surface area contributed by atoms with Crippen molar-refractivity contribution in [1.29, 1.82) is 0 Å². The molecular weight excluding hydrogens is 356 g/mol. The minimum absolute atomic E-state index is 0.475. The predicted molar refractivity (Wildman–Crippen MR) is 102 cm³/mol. The molecule has 0 aliphatic rings. The molecule has 0 bridgehead atoms. The number of benzene rings is 2. The molecule has 7 heteroatoms. The monoisotopic (exact) mass is 372 g/mol. The Kier molecular flexibility index (Phi) is 5.63. The molecule has 0 fully saturated rings. The molecule has 0 unspecified atom stereocenters. The first-order chi connectivity index (χ1) is 12.2. The van der Waals surface area contributed by atoms with Crippen LogP contribution in [0.4, 0.5) is 0 Å². The maximum absolute atomic E-state index is 5.89. The first kappa shape index (κ1) is 17.4. The van der Waals surface area contributed by atoms with E-state index in [2.05, 4.69) is 15.3 Å². The van der Waals surface area contributed by atoms with E-state index in [1.165, 1.54) is 0 Å². The number of hydrogen-bond donors (Lipinski definition) is 1. The zero-order valence-corrected chi connectivity index (χ0v) is 15.2. The van der Waals surface area contributed by atoms with E-state index in [1.54, 1.807) is 10.9 Å². The second-order valence-corrected chi connectivity index (χ2v) is 6.17. The molecular formula is C18H17ClN4OS. The molecule has 128 valence electrons. The topological polar surface area (TPSA) is 55.2 Å². The van der Waals surface area contributed by atoms with Crippen molar-refractivity contribution in [3.63, 3.8) is 0 Å². The molecule has 0 atom stereocenters. The van der Waals surface area contributed by atoms with Gasteiger partial charge in [0.2, 0.25) is 4.77 Å². The fourth-order valence-electron chi connectivity index (χ4n) is 2.23. The maximum Gasteiger partial charge on any atom is 0.216 e. The van der Waals surface area contributed by atoms with E-state index in [0.29, 0.717) is 16.4 Å². The lowest BCUT2D eigenvalue weighted by Crippen LogP contribution is -1.98. The van der Waals surface area contributed by atoms with E-state index in [9.17, 15) is 0 Å². The van der Waals surface area contributed by atoms with Crippen LogP contribution >= 0.6 is 23.8 Å². The highest BCUT2D eigenvalue weighted by Gasteiger charge is 2.02. The molecule has 0 saturated carbocycles. The first-order valence-electron chi connectivity index (χ1n) is 7.83. The molecule has 3 aromatic rings. The molecule has 0 amide bonds. The number of rotatable bonds is 6. The van der Waals surface area contributed by atoms with Crippen LogP contribution < -0.4 is 4.74 Å². The van der Waals surface area contributed by atoms with Gasteiger partial charge < -0.3 is 4.74 Å². The Balaban J connectivity index is 1.70. The lowest BCUT2D eigenvalue weighted by Gasteiger charge is -2.07. The van der Waals surface area contributed by atoms with Gasteiger partial charge in [0.25, 0.3) is 0 Å². The molecule has 0 spiro atoms. The maximum atomic E-state index is 5.89. The molecule has 5 nitrogen and oxygen atoms in total. The summed E-state index contributed by atoms with van der Waals surface area (Å²) in [6.07, 6.45) is 2.48. The number of hydrogen-bond acceptors (Lipinski definition) is 4. The second kappa shape index (κ2) is 8.09. The summed E-state index contributed by atoms with van der Waals surface area (Å²) < 4.78 is 7.92. The van der Waals surface area contributed by atoms with E-state index in [-0.39, 0.29) is 0 Å². The van der Waals surface area contributed by atoms with E-state index in [4.69, 9.17) is 28.6 Å². The van der Waals surface area contributed by atoms with Gasteiger partial charge in [-0.25, -0.2) is 0 Å². The van der Waals surface area contributed by atoms with E-state index >= 15 is 0 Å². The number of H-pyrrole nitrogens is 1. The summed E-state index contributed by atoms with van der Waals surface area (Å²) in [4.78, 5) is 0. The fourth-order valence-corrected chi connectivity index (χ4v) is 2.55. The third kappa shape index (κ3) is 4.55. The molecule has 25 heavy (non-hydrogen) atoms. The molecule has 0 aliphatic heterocycles. The van der Waals surface area contributed by atoms with E-state index < -0.39 is 0 Å². The van der Waals surface area contributed by atoms with Crippen molar-refractivity contribution in [1.82, 2.24) is 14.9 Å². The molecule has 1 N–H and O–H groups in total. The van der Waals surface area contributed by atoms with Crippen LogP contribution in [0.3, 0.4) is 0 Å².